The molecule has 88 valence electrons. The van der Waals surface area contributed by atoms with E-state index in [-0.39, 0.29) is 17.0 Å². The van der Waals surface area contributed by atoms with Crippen molar-refractivity contribution in [1.29, 1.82) is 0 Å². The first-order chi connectivity index (χ1) is 7.33. The number of halogens is 1. The molecule has 8 heteroatoms. The van der Waals surface area contributed by atoms with Gasteiger partial charge in [-0.05, 0) is 29.8 Å². The van der Waals surface area contributed by atoms with Gasteiger partial charge in [-0.2, -0.15) is 8.42 Å². The van der Waals surface area contributed by atoms with Crippen LogP contribution in [0.15, 0.2) is 18.2 Å². The van der Waals surface area contributed by atoms with Crippen molar-refractivity contribution in [2.24, 2.45) is 0 Å². The van der Waals surface area contributed by atoms with E-state index in [4.69, 9.17) is 20.9 Å². The van der Waals surface area contributed by atoms with E-state index < -0.39 is 15.5 Å². The first-order valence-electron chi connectivity index (χ1n) is 3.96. The molecule has 1 rings (SSSR count). The highest BCUT2D eigenvalue weighted by molar-refractivity contribution is 7.87. The number of benzene rings is 1. The summed E-state index contributed by atoms with van der Waals surface area (Å²) in [5.74, 6) is 0.209. The molecule has 2 N–H and O–H groups in total. The highest BCUT2D eigenvalue weighted by atomic mass is 35.5. The van der Waals surface area contributed by atoms with Gasteiger partial charge < -0.3 is 4.74 Å². The van der Waals surface area contributed by atoms with E-state index in [2.05, 4.69) is 0 Å². The van der Waals surface area contributed by atoms with Gasteiger partial charge in [0.15, 0.2) is 0 Å². The smallest absolute Gasteiger partial charge is 0.357 e. The van der Waals surface area contributed by atoms with Crippen molar-refractivity contribution in [2.45, 2.75) is 0 Å². The quantitative estimate of drug-likeness (QED) is 0.632. The molecule has 0 fully saturated rings. The van der Waals surface area contributed by atoms with Gasteiger partial charge in [-0.15, -0.1) is 0 Å². The molecule has 0 spiro atoms. The summed E-state index contributed by atoms with van der Waals surface area (Å²) in [4.78, 5) is 11.0. The van der Waals surface area contributed by atoms with Crippen LogP contribution in [0.5, 0.6) is 5.75 Å². The van der Waals surface area contributed by atoms with E-state index in [0.717, 1.165) is 6.07 Å². The predicted octanol–water partition coefficient (Wildman–Crippen LogP) is 1.29. The van der Waals surface area contributed by atoms with Gasteiger partial charge in [0.2, 0.25) is 0 Å². The minimum atomic E-state index is -4.38. The molecule has 0 aliphatic rings. The molecule has 1 aromatic rings. The van der Waals surface area contributed by atoms with Crippen molar-refractivity contribution < 1.29 is 22.5 Å². The Balaban J connectivity index is 3.17. The fraction of sp³-hybridized carbons (Fsp3) is 0.125. The number of hydrogen-bond donors (Lipinski definition) is 2. The Bertz CT molecular complexity index is 513. The van der Waals surface area contributed by atoms with Crippen LogP contribution in [0.1, 0.15) is 10.4 Å². The summed E-state index contributed by atoms with van der Waals surface area (Å²) in [5.41, 5.74) is 0.00474. The van der Waals surface area contributed by atoms with Crippen molar-refractivity contribution in [3.8, 4) is 5.75 Å². The zero-order valence-electron chi connectivity index (χ0n) is 8.10. The molecule has 0 saturated heterocycles. The zero-order valence-corrected chi connectivity index (χ0v) is 9.67. The lowest BCUT2D eigenvalue weighted by atomic mass is 10.2. The van der Waals surface area contributed by atoms with Gasteiger partial charge in [0.05, 0.1) is 18.4 Å². The van der Waals surface area contributed by atoms with Crippen LogP contribution in [0.2, 0.25) is 0 Å². The third-order valence-electron chi connectivity index (χ3n) is 1.66. The summed E-state index contributed by atoms with van der Waals surface area (Å²) in [5, 5.41) is -0.796. The second-order valence-electron chi connectivity index (χ2n) is 2.77. The average Bonchev–Trinajstić information content (AvgIpc) is 2.15. The van der Waals surface area contributed by atoms with E-state index in [1.807, 2.05) is 0 Å². The summed E-state index contributed by atoms with van der Waals surface area (Å²) < 4.78 is 36.2. The molecule has 0 amide bonds. The average molecular weight is 266 g/mol. The molecule has 0 bridgehead atoms. The topological polar surface area (TPSA) is 92.7 Å². The maximum Gasteiger partial charge on any atom is 0.357 e. The summed E-state index contributed by atoms with van der Waals surface area (Å²) in [7, 11) is -3.04. The number of nitrogens with one attached hydrogen (secondary N) is 1. The lowest BCUT2D eigenvalue weighted by Gasteiger charge is -2.07. The Morgan fingerprint density at radius 2 is 2.12 bits per heavy atom. The van der Waals surface area contributed by atoms with E-state index in [9.17, 15) is 13.2 Å². The Morgan fingerprint density at radius 3 is 2.56 bits per heavy atom. The Morgan fingerprint density at radius 1 is 1.50 bits per heavy atom. The standard InChI is InChI=1S/C8H8ClNO5S/c1-15-7-3-2-5(10-16(12,13)14)4-6(7)8(9)11/h2-4,10H,1H3,(H,12,13,14). The van der Waals surface area contributed by atoms with Crippen LogP contribution in [0.4, 0.5) is 5.69 Å². The SMILES string of the molecule is COc1ccc(NS(=O)(=O)O)cc1C(=O)Cl. The maximum absolute atomic E-state index is 11.0. The van der Waals surface area contributed by atoms with Crippen molar-refractivity contribution in [2.75, 3.05) is 11.8 Å². The molecule has 0 aliphatic heterocycles. The fourth-order valence-corrected chi connectivity index (χ4v) is 1.65. The number of hydrogen-bond acceptors (Lipinski definition) is 4. The summed E-state index contributed by atoms with van der Waals surface area (Å²) in [6, 6.07) is 3.82. The van der Waals surface area contributed by atoms with Crippen molar-refractivity contribution >= 4 is 32.8 Å². The lowest BCUT2D eigenvalue weighted by Crippen LogP contribution is -2.10. The molecule has 16 heavy (non-hydrogen) atoms. The van der Waals surface area contributed by atoms with Gasteiger partial charge >= 0.3 is 10.3 Å². The first-order valence-corrected chi connectivity index (χ1v) is 5.78. The third-order valence-corrected chi connectivity index (χ3v) is 2.36. The van der Waals surface area contributed by atoms with Gasteiger partial charge in [0.1, 0.15) is 5.75 Å². The second-order valence-corrected chi connectivity index (χ2v) is 4.26. The summed E-state index contributed by atoms with van der Waals surface area (Å²) in [6.45, 7) is 0. The highest BCUT2D eigenvalue weighted by Crippen LogP contribution is 2.24. The van der Waals surface area contributed by atoms with Crippen LogP contribution in [0, 0.1) is 0 Å². The van der Waals surface area contributed by atoms with E-state index in [1.54, 1.807) is 4.72 Å². The fourth-order valence-electron chi connectivity index (χ4n) is 1.07. The number of anilines is 1. The molecule has 0 heterocycles. The number of carbonyl (C=O) groups is 1. The lowest BCUT2D eigenvalue weighted by molar-refractivity contribution is 0.107. The van der Waals surface area contributed by atoms with Gasteiger partial charge in [0, 0.05) is 0 Å². The van der Waals surface area contributed by atoms with Crippen LogP contribution < -0.4 is 9.46 Å². The molecule has 0 aromatic heterocycles. The molecule has 0 aliphatic carbocycles. The Kier molecular flexibility index (Phi) is 3.74. The Hall–Kier alpha value is -1.31. The summed E-state index contributed by atoms with van der Waals surface area (Å²) >= 11 is 5.27. The predicted molar refractivity (Wildman–Crippen MR) is 58.3 cm³/mol. The molecule has 6 nitrogen and oxygen atoms in total. The number of carbonyl (C=O) groups excluding carboxylic acids is 1. The molecule has 0 unspecified atom stereocenters. The minimum absolute atomic E-state index is 0.00202. The highest BCUT2D eigenvalue weighted by Gasteiger charge is 2.12. The minimum Gasteiger partial charge on any atom is -0.496 e. The second kappa shape index (κ2) is 4.69. The molecule has 1 aromatic carbocycles. The van der Waals surface area contributed by atoms with Crippen LogP contribution in [-0.4, -0.2) is 25.3 Å². The normalized spacial score (nSPS) is 10.9. The maximum atomic E-state index is 11.0. The van der Waals surface area contributed by atoms with Crippen molar-refractivity contribution in [3.63, 3.8) is 0 Å². The monoisotopic (exact) mass is 265 g/mol. The molecular weight excluding hydrogens is 258 g/mol. The zero-order chi connectivity index (χ0) is 12.3. The van der Waals surface area contributed by atoms with E-state index in [1.165, 1.54) is 19.2 Å². The van der Waals surface area contributed by atoms with E-state index >= 15 is 0 Å². The Labute approximate surface area is 97.1 Å². The van der Waals surface area contributed by atoms with Crippen molar-refractivity contribution in [1.82, 2.24) is 0 Å². The molecule has 0 radical (unpaired) electrons. The van der Waals surface area contributed by atoms with Gasteiger partial charge in [0.25, 0.3) is 5.24 Å². The number of ether oxygens (including phenoxy) is 1. The first kappa shape index (κ1) is 12.8. The molecule has 0 atom stereocenters. The van der Waals surface area contributed by atoms with Crippen molar-refractivity contribution in [3.05, 3.63) is 23.8 Å². The largest absolute Gasteiger partial charge is 0.496 e. The van der Waals surface area contributed by atoms with Gasteiger partial charge in [-0.3, -0.25) is 14.1 Å². The summed E-state index contributed by atoms with van der Waals surface area (Å²) in [6.07, 6.45) is 0. The van der Waals surface area contributed by atoms with E-state index in [0.29, 0.717) is 0 Å². The van der Waals surface area contributed by atoms with Crippen LogP contribution >= 0.6 is 11.6 Å². The number of methoxy groups -OCH3 is 1. The van der Waals surface area contributed by atoms with Crippen LogP contribution in [0.25, 0.3) is 0 Å². The molecule has 0 saturated carbocycles. The van der Waals surface area contributed by atoms with Crippen LogP contribution in [0.3, 0.4) is 0 Å². The number of rotatable bonds is 4. The van der Waals surface area contributed by atoms with Gasteiger partial charge in [-0.1, -0.05) is 0 Å². The molecular formula is C8H8ClNO5S. The third kappa shape index (κ3) is 3.37. The van der Waals surface area contributed by atoms with Crippen LogP contribution in [-0.2, 0) is 10.3 Å². The van der Waals surface area contributed by atoms with Gasteiger partial charge in [-0.25, -0.2) is 0 Å².